The zero-order chi connectivity index (χ0) is 21.3. The number of nitrogens with zero attached hydrogens (tertiary/aromatic N) is 1. The molecule has 0 bridgehead atoms. The Balaban J connectivity index is 1.83. The van der Waals surface area contributed by atoms with Gasteiger partial charge in [0.1, 0.15) is 17.4 Å². The minimum atomic E-state index is -0.551. The van der Waals surface area contributed by atoms with Crippen LogP contribution in [-0.4, -0.2) is 11.7 Å². The molecule has 0 atom stereocenters. The van der Waals surface area contributed by atoms with E-state index >= 15 is 0 Å². The summed E-state index contributed by atoms with van der Waals surface area (Å²) in [6.07, 6.45) is 0. The maximum Gasteiger partial charge on any atom is 0.255 e. The van der Waals surface area contributed by atoms with Crippen molar-refractivity contribution in [3.63, 3.8) is 0 Å². The average Bonchev–Trinajstić information content (AvgIpc) is 2.75. The van der Waals surface area contributed by atoms with Crippen molar-refractivity contribution in [2.75, 3.05) is 7.11 Å². The first-order valence-corrected chi connectivity index (χ1v) is 10.8. The fourth-order valence-corrected chi connectivity index (χ4v) is 4.43. The summed E-state index contributed by atoms with van der Waals surface area (Å²) in [5.74, 6) is -0.0837. The number of aromatic nitrogens is 1. The molecule has 0 fully saturated rings. The van der Waals surface area contributed by atoms with Crippen LogP contribution in [0, 0.1) is 11.6 Å². The van der Waals surface area contributed by atoms with Gasteiger partial charge >= 0.3 is 0 Å². The zero-order valence-corrected chi connectivity index (χ0v) is 18.3. The van der Waals surface area contributed by atoms with Crippen LogP contribution in [0.15, 0.2) is 80.9 Å². The van der Waals surface area contributed by atoms with Gasteiger partial charge in [0, 0.05) is 28.2 Å². The van der Waals surface area contributed by atoms with E-state index in [0.29, 0.717) is 27.3 Å². The van der Waals surface area contributed by atoms with Crippen LogP contribution in [0.3, 0.4) is 0 Å². The van der Waals surface area contributed by atoms with Crippen molar-refractivity contribution < 1.29 is 13.5 Å². The van der Waals surface area contributed by atoms with Gasteiger partial charge in [0.15, 0.2) is 0 Å². The Morgan fingerprint density at radius 3 is 2.50 bits per heavy atom. The molecular formula is C23H16BrF2NO2S. The molecule has 152 valence electrons. The summed E-state index contributed by atoms with van der Waals surface area (Å²) in [6, 6.07) is 18.5. The quantitative estimate of drug-likeness (QED) is 0.308. The Morgan fingerprint density at radius 2 is 1.77 bits per heavy atom. The predicted molar refractivity (Wildman–Crippen MR) is 120 cm³/mol. The number of methoxy groups -OCH3 is 1. The maximum atomic E-state index is 14.9. The van der Waals surface area contributed by atoms with Gasteiger partial charge in [-0.05, 0) is 45.8 Å². The van der Waals surface area contributed by atoms with Crippen molar-refractivity contribution in [3.05, 3.63) is 98.8 Å². The number of hydrogen-bond donors (Lipinski definition) is 0. The first kappa shape index (κ1) is 20.6. The molecule has 0 saturated carbocycles. The Bertz CT molecular complexity index is 1290. The molecule has 0 aliphatic heterocycles. The van der Waals surface area contributed by atoms with E-state index < -0.39 is 17.2 Å². The summed E-state index contributed by atoms with van der Waals surface area (Å²) in [7, 11) is 1.43. The van der Waals surface area contributed by atoms with Crippen LogP contribution < -0.4 is 10.3 Å². The van der Waals surface area contributed by atoms with Crippen molar-refractivity contribution in [1.29, 1.82) is 0 Å². The second-order valence-electron chi connectivity index (χ2n) is 6.56. The molecule has 1 aromatic heterocycles. The van der Waals surface area contributed by atoms with E-state index in [1.54, 1.807) is 12.1 Å². The number of pyridine rings is 1. The number of hydrogen-bond acceptors (Lipinski definition) is 3. The van der Waals surface area contributed by atoms with Crippen LogP contribution in [-0.2, 0) is 5.75 Å². The summed E-state index contributed by atoms with van der Waals surface area (Å²) in [4.78, 5) is 13.1. The van der Waals surface area contributed by atoms with Gasteiger partial charge in [0.05, 0.1) is 22.8 Å². The molecule has 0 radical (unpaired) electrons. The number of thioether (sulfide) groups is 1. The van der Waals surface area contributed by atoms with E-state index in [-0.39, 0.29) is 10.2 Å². The summed E-state index contributed by atoms with van der Waals surface area (Å²) in [6.45, 7) is 0. The highest BCUT2D eigenvalue weighted by atomic mass is 79.9. The highest BCUT2D eigenvalue weighted by molar-refractivity contribution is 9.10. The van der Waals surface area contributed by atoms with Crippen molar-refractivity contribution in [2.45, 2.75) is 10.6 Å². The highest BCUT2D eigenvalue weighted by Gasteiger charge is 2.16. The summed E-state index contributed by atoms with van der Waals surface area (Å²) < 4.78 is 35.9. The number of rotatable bonds is 5. The van der Waals surface area contributed by atoms with Crippen LogP contribution in [0.25, 0.3) is 16.6 Å². The summed E-state index contributed by atoms with van der Waals surface area (Å²) in [5.41, 5.74) is 1.22. The molecule has 0 saturated heterocycles. The number of fused-ring (bicyclic) bond motifs is 1. The maximum absolute atomic E-state index is 14.9. The molecular weight excluding hydrogens is 472 g/mol. The lowest BCUT2D eigenvalue weighted by atomic mass is 10.2. The number of benzene rings is 3. The second-order valence-corrected chi connectivity index (χ2v) is 8.43. The number of halogens is 3. The van der Waals surface area contributed by atoms with Gasteiger partial charge in [-0.3, -0.25) is 9.36 Å². The van der Waals surface area contributed by atoms with Crippen LogP contribution in [0.1, 0.15) is 5.56 Å². The van der Waals surface area contributed by atoms with Gasteiger partial charge in [0.25, 0.3) is 5.56 Å². The van der Waals surface area contributed by atoms with Crippen LogP contribution in [0.5, 0.6) is 5.75 Å². The molecule has 4 aromatic rings. The van der Waals surface area contributed by atoms with E-state index in [1.807, 2.05) is 30.3 Å². The van der Waals surface area contributed by atoms with Crippen molar-refractivity contribution in [1.82, 2.24) is 4.57 Å². The lowest BCUT2D eigenvalue weighted by molar-refractivity contribution is 0.411. The molecule has 0 spiro atoms. The van der Waals surface area contributed by atoms with Crippen molar-refractivity contribution >= 4 is 38.6 Å². The van der Waals surface area contributed by atoms with Crippen LogP contribution in [0.2, 0.25) is 0 Å². The Hall–Kier alpha value is -2.64. The van der Waals surface area contributed by atoms with Gasteiger partial charge < -0.3 is 4.74 Å². The zero-order valence-electron chi connectivity index (χ0n) is 15.9. The van der Waals surface area contributed by atoms with E-state index in [1.165, 1.54) is 47.7 Å². The molecule has 0 amide bonds. The third-order valence-corrected chi connectivity index (χ3v) is 6.36. The van der Waals surface area contributed by atoms with Crippen molar-refractivity contribution in [2.24, 2.45) is 0 Å². The fraction of sp³-hybridized carbons (Fsp3) is 0.0870. The van der Waals surface area contributed by atoms with Gasteiger partial charge in [0.2, 0.25) is 0 Å². The van der Waals surface area contributed by atoms with E-state index in [0.717, 1.165) is 5.56 Å². The number of ether oxygens (including phenoxy) is 1. The Morgan fingerprint density at radius 1 is 1.00 bits per heavy atom. The van der Waals surface area contributed by atoms with Crippen molar-refractivity contribution in [3.8, 4) is 11.4 Å². The third kappa shape index (κ3) is 4.00. The molecule has 0 aliphatic carbocycles. The standard InChI is InChI=1S/C23H16BrF2NO2S/c1-29-21-10-16(24)17(25)11-20(21)27-19-12-18(26)22(9-15(19)7-8-23(27)28)30-13-14-5-3-2-4-6-14/h2-12H,13H2,1H3. The van der Waals surface area contributed by atoms with Crippen LogP contribution >= 0.6 is 27.7 Å². The molecule has 7 heteroatoms. The second kappa shape index (κ2) is 8.62. The molecule has 3 aromatic carbocycles. The summed E-state index contributed by atoms with van der Waals surface area (Å²) in [5, 5.41) is 0.664. The van der Waals surface area contributed by atoms with Crippen LogP contribution in [0.4, 0.5) is 8.78 Å². The molecule has 1 heterocycles. The molecule has 4 rings (SSSR count). The molecule has 0 aliphatic rings. The van der Waals surface area contributed by atoms with Gasteiger partial charge in [-0.1, -0.05) is 30.3 Å². The molecule has 0 N–H and O–H groups in total. The lowest BCUT2D eigenvalue weighted by Crippen LogP contribution is -2.18. The van der Waals surface area contributed by atoms with Gasteiger partial charge in [-0.15, -0.1) is 11.8 Å². The normalized spacial score (nSPS) is 11.1. The SMILES string of the molecule is COc1cc(Br)c(F)cc1-n1c(=O)ccc2cc(SCc3ccccc3)c(F)cc21. The largest absolute Gasteiger partial charge is 0.495 e. The van der Waals surface area contributed by atoms with Gasteiger partial charge in [-0.2, -0.15) is 0 Å². The minimum absolute atomic E-state index is 0.206. The monoisotopic (exact) mass is 487 g/mol. The first-order chi connectivity index (χ1) is 14.5. The Kier molecular flexibility index (Phi) is 5.92. The first-order valence-electron chi connectivity index (χ1n) is 9.03. The topological polar surface area (TPSA) is 31.2 Å². The predicted octanol–water partition coefficient (Wildman–Crippen LogP) is 6.33. The minimum Gasteiger partial charge on any atom is -0.495 e. The molecule has 0 unspecified atom stereocenters. The van der Waals surface area contributed by atoms with E-state index in [4.69, 9.17) is 4.74 Å². The van der Waals surface area contributed by atoms with E-state index in [9.17, 15) is 13.6 Å². The lowest BCUT2D eigenvalue weighted by Gasteiger charge is -2.15. The summed E-state index contributed by atoms with van der Waals surface area (Å²) >= 11 is 4.49. The molecule has 3 nitrogen and oxygen atoms in total. The van der Waals surface area contributed by atoms with E-state index in [2.05, 4.69) is 15.9 Å². The third-order valence-electron chi connectivity index (χ3n) is 4.65. The highest BCUT2D eigenvalue weighted by Crippen LogP contribution is 2.33. The molecule has 30 heavy (non-hydrogen) atoms. The fourth-order valence-electron chi connectivity index (χ4n) is 3.19. The Labute approximate surface area is 184 Å². The van der Waals surface area contributed by atoms with Gasteiger partial charge in [-0.25, -0.2) is 8.78 Å². The smallest absolute Gasteiger partial charge is 0.255 e. The average molecular weight is 488 g/mol.